The molecule has 0 saturated carbocycles. The third kappa shape index (κ3) is 4.34. The summed E-state index contributed by atoms with van der Waals surface area (Å²) in [6.45, 7) is 14.2. The van der Waals surface area contributed by atoms with Gasteiger partial charge >= 0.3 is 0 Å². The van der Waals surface area contributed by atoms with Crippen molar-refractivity contribution in [2.24, 2.45) is 11.8 Å². The van der Waals surface area contributed by atoms with Crippen molar-refractivity contribution in [3.63, 3.8) is 0 Å². The van der Waals surface area contributed by atoms with Gasteiger partial charge in [0, 0.05) is 32.7 Å². The molecule has 7 nitrogen and oxygen atoms in total. The van der Waals surface area contributed by atoms with Crippen LogP contribution in [0.4, 0.5) is 5.95 Å². The lowest BCUT2D eigenvalue weighted by atomic mass is 9.92. The summed E-state index contributed by atoms with van der Waals surface area (Å²) in [6, 6.07) is 0. The summed E-state index contributed by atoms with van der Waals surface area (Å²) in [6.07, 6.45) is 1.21. The highest BCUT2D eigenvalue weighted by atomic mass is 32.2. The van der Waals surface area contributed by atoms with Crippen LogP contribution in [-0.4, -0.2) is 70.2 Å². The molecule has 0 spiro atoms. The molecule has 2 fully saturated rings. The molecule has 0 radical (unpaired) electrons. The highest BCUT2D eigenvalue weighted by Gasteiger charge is 2.30. The molecule has 0 bridgehead atoms. The molecule has 8 heteroatoms. The fourth-order valence-electron chi connectivity index (χ4n) is 3.95. The lowest BCUT2D eigenvalue weighted by Gasteiger charge is -2.36. The van der Waals surface area contributed by atoms with E-state index in [4.69, 9.17) is 4.74 Å². The van der Waals surface area contributed by atoms with E-state index in [1.165, 1.54) is 18.2 Å². The highest BCUT2D eigenvalue weighted by molar-refractivity contribution is 8.00. The van der Waals surface area contributed by atoms with E-state index < -0.39 is 0 Å². The van der Waals surface area contributed by atoms with Gasteiger partial charge in [0.2, 0.25) is 11.9 Å². The molecule has 146 valence electrons. The van der Waals surface area contributed by atoms with Crippen LogP contribution in [0.2, 0.25) is 0 Å². The molecule has 1 amide bonds. The molecular formula is C18H31N5O2S. The van der Waals surface area contributed by atoms with Gasteiger partial charge in [0.1, 0.15) is 0 Å². The second kappa shape index (κ2) is 8.61. The van der Waals surface area contributed by atoms with E-state index in [0.717, 1.165) is 57.0 Å². The van der Waals surface area contributed by atoms with Crippen molar-refractivity contribution < 1.29 is 9.53 Å². The minimum atomic E-state index is -0.153. The molecule has 1 aromatic rings. The molecule has 3 rings (SSSR count). The predicted octanol–water partition coefficient (Wildman–Crippen LogP) is 2.12. The van der Waals surface area contributed by atoms with Crippen LogP contribution in [0.1, 0.15) is 34.1 Å². The number of nitrogens with zero attached hydrogens (tertiary/aromatic N) is 5. The smallest absolute Gasteiger partial charge is 0.235 e. The van der Waals surface area contributed by atoms with Crippen LogP contribution in [0, 0.1) is 11.8 Å². The van der Waals surface area contributed by atoms with Crippen molar-refractivity contribution in [1.29, 1.82) is 0 Å². The number of aromatic nitrogens is 3. The number of likely N-dealkylation sites (tertiary alicyclic amines) is 1. The molecule has 26 heavy (non-hydrogen) atoms. The summed E-state index contributed by atoms with van der Waals surface area (Å²) in [5.41, 5.74) is 0. The van der Waals surface area contributed by atoms with Gasteiger partial charge in [0.25, 0.3) is 0 Å². The highest BCUT2D eigenvalue weighted by Crippen LogP contribution is 2.29. The maximum atomic E-state index is 12.9. The van der Waals surface area contributed by atoms with E-state index in [1.54, 1.807) is 0 Å². The van der Waals surface area contributed by atoms with E-state index in [9.17, 15) is 4.79 Å². The van der Waals surface area contributed by atoms with E-state index in [-0.39, 0.29) is 11.2 Å². The standard InChI is InChI=1S/C18H31N5O2S/c1-5-23-17(21-6-8-25-9-7-21)19-20-18(23)26-15(4)16(24)22-11-13(2)10-14(3)12-22/h13-15H,5-12H2,1-4H3. The van der Waals surface area contributed by atoms with Crippen molar-refractivity contribution in [3.05, 3.63) is 0 Å². The minimum Gasteiger partial charge on any atom is -0.378 e. The zero-order chi connectivity index (χ0) is 18.7. The summed E-state index contributed by atoms with van der Waals surface area (Å²) in [5, 5.41) is 9.45. The van der Waals surface area contributed by atoms with E-state index in [0.29, 0.717) is 11.8 Å². The van der Waals surface area contributed by atoms with Gasteiger partial charge in [-0.3, -0.25) is 9.36 Å². The topological polar surface area (TPSA) is 63.5 Å². The van der Waals surface area contributed by atoms with Crippen LogP contribution >= 0.6 is 11.8 Å². The average Bonchev–Trinajstić information content (AvgIpc) is 3.03. The third-order valence-electron chi connectivity index (χ3n) is 5.12. The number of thioether (sulfide) groups is 1. The SMILES string of the molecule is CCn1c(SC(C)C(=O)N2CC(C)CC(C)C2)nnc1N1CCOCC1. The Bertz CT molecular complexity index is 607. The maximum Gasteiger partial charge on any atom is 0.235 e. The first kappa shape index (κ1) is 19.5. The fourth-order valence-corrected chi connectivity index (χ4v) is 4.94. The summed E-state index contributed by atoms with van der Waals surface area (Å²) < 4.78 is 7.54. The number of hydrogen-bond donors (Lipinski definition) is 0. The Balaban J connectivity index is 1.67. The Hall–Kier alpha value is -1.28. The normalized spacial score (nSPS) is 25.4. The first-order valence-corrected chi connectivity index (χ1v) is 10.6. The summed E-state index contributed by atoms with van der Waals surface area (Å²) >= 11 is 1.52. The predicted molar refractivity (Wildman–Crippen MR) is 104 cm³/mol. The van der Waals surface area contributed by atoms with Gasteiger partial charge in [-0.15, -0.1) is 10.2 Å². The second-order valence-corrected chi connectivity index (χ2v) is 8.88. The van der Waals surface area contributed by atoms with Gasteiger partial charge in [-0.1, -0.05) is 25.6 Å². The lowest BCUT2D eigenvalue weighted by Crippen LogP contribution is -2.45. The number of morpholine rings is 1. The van der Waals surface area contributed by atoms with Crippen LogP contribution in [0.25, 0.3) is 0 Å². The molecule has 0 aliphatic carbocycles. The van der Waals surface area contributed by atoms with Crippen LogP contribution in [0.5, 0.6) is 0 Å². The van der Waals surface area contributed by atoms with Gasteiger partial charge < -0.3 is 14.5 Å². The van der Waals surface area contributed by atoms with Crippen molar-refractivity contribution in [2.75, 3.05) is 44.3 Å². The maximum absolute atomic E-state index is 12.9. The van der Waals surface area contributed by atoms with Gasteiger partial charge in [0.05, 0.1) is 18.5 Å². The Morgan fingerprint density at radius 1 is 1.23 bits per heavy atom. The van der Waals surface area contributed by atoms with Gasteiger partial charge in [-0.2, -0.15) is 0 Å². The number of hydrogen-bond acceptors (Lipinski definition) is 6. The molecule has 2 aliphatic rings. The number of piperidine rings is 1. The van der Waals surface area contributed by atoms with Gasteiger partial charge in [-0.25, -0.2) is 0 Å². The molecule has 0 N–H and O–H groups in total. The molecule has 3 atom stereocenters. The minimum absolute atomic E-state index is 0.153. The van der Waals surface area contributed by atoms with Crippen LogP contribution < -0.4 is 4.90 Å². The van der Waals surface area contributed by atoms with Crippen molar-refractivity contribution >= 4 is 23.6 Å². The van der Waals surface area contributed by atoms with E-state index >= 15 is 0 Å². The molecular weight excluding hydrogens is 350 g/mol. The summed E-state index contributed by atoms with van der Waals surface area (Å²) in [5.74, 6) is 2.25. The lowest BCUT2D eigenvalue weighted by molar-refractivity contribution is -0.132. The van der Waals surface area contributed by atoms with E-state index in [1.807, 2.05) is 11.8 Å². The first-order valence-electron chi connectivity index (χ1n) is 9.70. The van der Waals surface area contributed by atoms with Crippen LogP contribution in [0.3, 0.4) is 0 Å². The number of carbonyl (C=O) groups excluding carboxylic acids is 1. The van der Waals surface area contributed by atoms with Gasteiger partial charge in [-0.05, 0) is 32.1 Å². The molecule has 1 aromatic heterocycles. The largest absolute Gasteiger partial charge is 0.378 e. The Morgan fingerprint density at radius 2 is 1.88 bits per heavy atom. The van der Waals surface area contributed by atoms with Crippen LogP contribution in [0.15, 0.2) is 5.16 Å². The van der Waals surface area contributed by atoms with Crippen molar-refractivity contribution in [1.82, 2.24) is 19.7 Å². The number of anilines is 1. The van der Waals surface area contributed by atoms with Crippen molar-refractivity contribution in [2.45, 2.75) is 51.1 Å². The number of ether oxygens (including phenoxy) is 1. The monoisotopic (exact) mass is 381 g/mol. The summed E-state index contributed by atoms with van der Waals surface area (Å²) in [4.78, 5) is 17.2. The molecule has 0 aromatic carbocycles. The molecule has 3 unspecified atom stereocenters. The fraction of sp³-hybridized carbons (Fsp3) is 0.833. The Morgan fingerprint density at radius 3 is 2.50 bits per heavy atom. The zero-order valence-corrected chi connectivity index (χ0v) is 17.2. The number of rotatable bonds is 5. The van der Waals surface area contributed by atoms with Gasteiger partial charge in [0.15, 0.2) is 5.16 Å². The van der Waals surface area contributed by atoms with Crippen molar-refractivity contribution in [3.8, 4) is 0 Å². The molecule has 3 heterocycles. The molecule has 2 aliphatic heterocycles. The quantitative estimate of drug-likeness (QED) is 0.728. The average molecular weight is 382 g/mol. The first-order chi connectivity index (χ1) is 12.5. The zero-order valence-electron chi connectivity index (χ0n) is 16.3. The number of carbonyl (C=O) groups is 1. The Kier molecular flexibility index (Phi) is 6.45. The Labute approximate surface area is 160 Å². The van der Waals surface area contributed by atoms with E-state index in [2.05, 4.69) is 40.4 Å². The molecule has 2 saturated heterocycles. The summed E-state index contributed by atoms with van der Waals surface area (Å²) in [7, 11) is 0. The number of amides is 1. The third-order valence-corrected chi connectivity index (χ3v) is 6.19. The van der Waals surface area contributed by atoms with Crippen LogP contribution in [-0.2, 0) is 16.1 Å². The second-order valence-electron chi connectivity index (χ2n) is 7.58.